The first-order chi connectivity index (χ1) is 14.4. The second-order valence-corrected chi connectivity index (χ2v) is 9.58. The Bertz CT molecular complexity index is 1130. The highest BCUT2D eigenvalue weighted by atomic mass is 32.2. The summed E-state index contributed by atoms with van der Waals surface area (Å²) in [5.74, 6) is 0.278. The summed E-state index contributed by atoms with van der Waals surface area (Å²) in [6.07, 6.45) is 7.43. The molecule has 156 valence electrons. The van der Waals surface area contributed by atoms with Crippen molar-refractivity contribution < 1.29 is 12.8 Å². The van der Waals surface area contributed by atoms with Crippen LogP contribution in [0.4, 0.5) is 4.39 Å². The second kappa shape index (κ2) is 8.57. The van der Waals surface area contributed by atoms with Crippen LogP contribution in [0.5, 0.6) is 0 Å². The van der Waals surface area contributed by atoms with Crippen molar-refractivity contribution in [1.29, 1.82) is 0 Å². The smallest absolute Gasteiger partial charge is 0.178 e. The predicted molar refractivity (Wildman–Crippen MR) is 112 cm³/mol. The Labute approximate surface area is 175 Å². The van der Waals surface area contributed by atoms with Crippen molar-refractivity contribution in [2.24, 2.45) is 0 Å². The van der Waals surface area contributed by atoms with Crippen LogP contribution in [0.2, 0.25) is 0 Å². The lowest BCUT2D eigenvalue weighted by Gasteiger charge is -2.32. The summed E-state index contributed by atoms with van der Waals surface area (Å²) in [4.78, 5) is 15.4. The molecule has 1 aliphatic heterocycles. The van der Waals surface area contributed by atoms with Gasteiger partial charge in [-0.2, -0.15) is 0 Å². The van der Waals surface area contributed by atoms with E-state index in [4.69, 9.17) is 0 Å². The molecule has 0 amide bonds. The van der Waals surface area contributed by atoms with E-state index in [-0.39, 0.29) is 16.6 Å². The average molecular weight is 427 g/mol. The lowest BCUT2D eigenvalue weighted by molar-refractivity contribution is 0.200. The summed E-state index contributed by atoms with van der Waals surface area (Å²) in [6, 6.07) is 10.4. The number of likely N-dealkylation sites (tertiary alicyclic amines) is 1. The van der Waals surface area contributed by atoms with Crippen molar-refractivity contribution in [2.45, 2.75) is 30.2 Å². The van der Waals surface area contributed by atoms with Gasteiger partial charge < -0.3 is 0 Å². The lowest BCUT2D eigenvalue weighted by atomic mass is 9.93. The fourth-order valence-corrected chi connectivity index (χ4v) is 4.66. The minimum Gasteiger partial charge on any atom is -0.299 e. The van der Waals surface area contributed by atoms with E-state index < -0.39 is 9.84 Å². The van der Waals surface area contributed by atoms with Gasteiger partial charge in [0.1, 0.15) is 10.7 Å². The van der Waals surface area contributed by atoms with Gasteiger partial charge in [-0.3, -0.25) is 9.88 Å². The number of sulfone groups is 1. The van der Waals surface area contributed by atoms with E-state index in [2.05, 4.69) is 19.9 Å². The molecule has 0 spiro atoms. The largest absolute Gasteiger partial charge is 0.299 e. The quantitative estimate of drug-likeness (QED) is 0.622. The van der Waals surface area contributed by atoms with Crippen LogP contribution < -0.4 is 0 Å². The summed E-state index contributed by atoms with van der Waals surface area (Å²) in [5.41, 5.74) is 1.99. The molecule has 1 fully saturated rings. The third kappa shape index (κ3) is 4.55. The van der Waals surface area contributed by atoms with Gasteiger partial charge in [-0.05, 0) is 44.1 Å². The molecule has 0 radical (unpaired) electrons. The van der Waals surface area contributed by atoms with E-state index in [1.807, 2.05) is 12.1 Å². The zero-order valence-electron chi connectivity index (χ0n) is 16.7. The molecule has 0 saturated carbocycles. The first-order valence-corrected chi connectivity index (χ1v) is 11.7. The van der Waals surface area contributed by atoms with Gasteiger partial charge in [0.15, 0.2) is 15.7 Å². The molecule has 6 nitrogen and oxygen atoms in total. The number of piperidine rings is 1. The molecule has 2 aromatic heterocycles. The van der Waals surface area contributed by atoms with Crippen LogP contribution in [0.1, 0.15) is 30.0 Å². The van der Waals surface area contributed by atoms with Crippen LogP contribution in [0.15, 0.2) is 59.9 Å². The van der Waals surface area contributed by atoms with E-state index >= 15 is 0 Å². The Morgan fingerprint density at radius 2 is 1.87 bits per heavy atom. The molecule has 0 atom stereocenters. The van der Waals surface area contributed by atoms with Crippen molar-refractivity contribution in [3.63, 3.8) is 0 Å². The van der Waals surface area contributed by atoms with Crippen LogP contribution >= 0.6 is 0 Å². The molecule has 1 aliphatic rings. The second-order valence-electron chi connectivity index (χ2n) is 7.60. The summed E-state index contributed by atoms with van der Waals surface area (Å²) in [6.45, 7) is 2.03. The molecule has 0 aliphatic carbocycles. The Kier molecular flexibility index (Phi) is 5.87. The highest BCUT2D eigenvalue weighted by Gasteiger charge is 2.28. The predicted octanol–water partition coefficient (Wildman–Crippen LogP) is 3.46. The number of pyridine rings is 1. The number of halogens is 1. The van der Waals surface area contributed by atoms with E-state index in [0.717, 1.165) is 31.5 Å². The fourth-order valence-electron chi connectivity index (χ4n) is 3.83. The van der Waals surface area contributed by atoms with E-state index in [9.17, 15) is 12.8 Å². The summed E-state index contributed by atoms with van der Waals surface area (Å²) in [5, 5.41) is 0. The van der Waals surface area contributed by atoms with E-state index in [1.165, 1.54) is 18.5 Å². The first-order valence-electron chi connectivity index (χ1n) is 9.85. The molecule has 8 heteroatoms. The molecular formula is C22H23FN4O2S. The van der Waals surface area contributed by atoms with Crippen LogP contribution in [-0.2, 0) is 16.4 Å². The third-order valence-electron chi connectivity index (χ3n) is 5.43. The van der Waals surface area contributed by atoms with Crippen molar-refractivity contribution in [1.82, 2.24) is 19.9 Å². The number of nitrogens with zero attached hydrogens (tertiary/aromatic N) is 4. The molecule has 0 unspecified atom stereocenters. The normalized spacial score (nSPS) is 15.9. The SMILES string of the molecule is CS(=O)(=O)c1cnc(-c2cccnc2)nc1C1CCN(Cc2ccccc2F)CC1. The summed E-state index contributed by atoms with van der Waals surface area (Å²) >= 11 is 0. The van der Waals surface area contributed by atoms with Crippen LogP contribution in [0.25, 0.3) is 11.4 Å². The van der Waals surface area contributed by atoms with Gasteiger partial charge in [0.25, 0.3) is 0 Å². The molecule has 0 N–H and O–H groups in total. The zero-order valence-corrected chi connectivity index (χ0v) is 17.5. The highest BCUT2D eigenvalue weighted by Crippen LogP contribution is 2.32. The number of hydrogen-bond donors (Lipinski definition) is 0. The highest BCUT2D eigenvalue weighted by molar-refractivity contribution is 7.90. The topological polar surface area (TPSA) is 76.0 Å². The van der Waals surface area contributed by atoms with Crippen molar-refractivity contribution >= 4 is 9.84 Å². The Morgan fingerprint density at radius 1 is 1.10 bits per heavy atom. The number of rotatable bonds is 5. The van der Waals surface area contributed by atoms with Gasteiger partial charge >= 0.3 is 0 Å². The van der Waals surface area contributed by atoms with E-state index in [0.29, 0.717) is 23.6 Å². The molecule has 4 rings (SSSR count). The zero-order chi connectivity index (χ0) is 21.1. The summed E-state index contributed by atoms with van der Waals surface area (Å²) in [7, 11) is -3.45. The maximum absolute atomic E-state index is 14.0. The van der Waals surface area contributed by atoms with Gasteiger partial charge in [0, 0.05) is 48.4 Å². The van der Waals surface area contributed by atoms with Crippen LogP contribution in [0.3, 0.4) is 0 Å². The number of hydrogen-bond acceptors (Lipinski definition) is 6. The maximum Gasteiger partial charge on any atom is 0.178 e. The molecule has 1 saturated heterocycles. The first kappa shape index (κ1) is 20.6. The standard InChI is InChI=1S/C22H23FN4O2S/c1-30(28,29)20-14-25-22(17-6-4-10-24-13-17)26-21(20)16-8-11-27(12-9-16)15-18-5-2-3-7-19(18)23/h2-7,10,13-14,16H,8-9,11-12,15H2,1H3. The van der Waals surface area contributed by atoms with Crippen LogP contribution in [0, 0.1) is 5.82 Å². The maximum atomic E-state index is 14.0. The Balaban J connectivity index is 1.57. The van der Waals surface area contributed by atoms with Crippen molar-refractivity contribution in [2.75, 3.05) is 19.3 Å². The number of aromatic nitrogens is 3. The van der Waals surface area contributed by atoms with Gasteiger partial charge in [-0.1, -0.05) is 18.2 Å². The Hall–Kier alpha value is -2.71. The van der Waals surface area contributed by atoms with Gasteiger partial charge in [-0.25, -0.2) is 22.8 Å². The van der Waals surface area contributed by atoms with Crippen molar-refractivity contribution in [3.8, 4) is 11.4 Å². The molecular weight excluding hydrogens is 403 g/mol. The minimum absolute atomic E-state index is 0.00465. The van der Waals surface area contributed by atoms with Crippen LogP contribution in [-0.4, -0.2) is 47.6 Å². The lowest BCUT2D eigenvalue weighted by Crippen LogP contribution is -2.33. The summed E-state index contributed by atoms with van der Waals surface area (Å²) < 4.78 is 38.6. The van der Waals surface area contributed by atoms with Crippen molar-refractivity contribution in [3.05, 3.63) is 72.1 Å². The minimum atomic E-state index is -3.45. The monoisotopic (exact) mass is 426 g/mol. The van der Waals surface area contributed by atoms with Gasteiger partial charge in [-0.15, -0.1) is 0 Å². The van der Waals surface area contributed by atoms with Gasteiger partial charge in [0.05, 0.1) is 5.69 Å². The Morgan fingerprint density at radius 3 is 2.53 bits per heavy atom. The molecule has 0 bridgehead atoms. The van der Waals surface area contributed by atoms with E-state index in [1.54, 1.807) is 30.6 Å². The fraction of sp³-hybridized carbons (Fsp3) is 0.318. The van der Waals surface area contributed by atoms with Gasteiger partial charge in [0.2, 0.25) is 0 Å². The number of benzene rings is 1. The molecule has 3 aromatic rings. The average Bonchev–Trinajstić information content (AvgIpc) is 2.75. The molecule has 30 heavy (non-hydrogen) atoms. The third-order valence-corrected chi connectivity index (χ3v) is 6.54. The molecule has 1 aromatic carbocycles. The molecule has 3 heterocycles.